The van der Waals surface area contributed by atoms with Crippen LogP contribution in [0.5, 0.6) is 0 Å². The summed E-state index contributed by atoms with van der Waals surface area (Å²) in [6.07, 6.45) is 5.49. The lowest BCUT2D eigenvalue weighted by molar-refractivity contribution is -0.145. The number of nitrogens with one attached hydrogen (secondary N) is 2. The Morgan fingerprint density at radius 3 is 2.56 bits per heavy atom. The first-order valence-electron chi connectivity index (χ1n) is 17.3. The summed E-state index contributed by atoms with van der Waals surface area (Å²) in [4.78, 5) is 61.3. The fourth-order valence-electron chi connectivity index (χ4n) is 6.66. The number of carbonyl (C=O) groups excluding carboxylic acids is 4. The molecule has 48 heavy (non-hydrogen) atoms. The Hall–Kier alpha value is -3.35. The van der Waals surface area contributed by atoms with Gasteiger partial charge in [0, 0.05) is 37.5 Å². The highest BCUT2D eigenvalue weighted by Gasteiger charge is 2.37. The summed E-state index contributed by atoms with van der Waals surface area (Å²) in [7, 11) is 5.15. The van der Waals surface area contributed by atoms with Gasteiger partial charge in [0.2, 0.25) is 11.8 Å². The fourth-order valence-corrected chi connectivity index (χ4v) is 7.52. The van der Waals surface area contributed by atoms with E-state index in [1.54, 1.807) is 17.2 Å². The lowest BCUT2D eigenvalue weighted by atomic mass is 9.94. The maximum atomic E-state index is 13.9. The summed E-state index contributed by atoms with van der Waals surface area (Å²) < 4.78 is 11.0. The molecule has 11 nitrogen and oxygen atoms in total. The molecule has 7 atom stereocenters. The largest absolute Gasteiger partial charge is 0.469 e. The van der Waals surface area contributed by atoms with Gasteiger partial charge < -0.3 is 25.0 Å². The fraction of sp³-hybridized carbons (Fsp3) is 0.639. The van der Waals surface area contributed by atoms with Gasteiger partial charge in [0.05, 0.1) is 19.1 Å². The van der Waals surface area contributed by atoms with Crippen LogP contribution in [0, 0.1) is 11.8 Å². The molecule has 3 heterocycles. The molecule has 0 radical (unpaired) electrons. The molecule has 0 aliphatic carbocycles. The Morgan fingerprint density at radius 2 is 1.88 bits per heavy atom. The van der Waals surface area contributed by atoms with Crippen LogP contribution >= 0.6 is 11.3 Å². The minimum absolute atomic E-state index is 0.0187. The van der Waals surface area contributed by atoms with E-state index in [-0.39, 0.29) is 59.8 Å². The molecule has 2 aliphatic rings. The summed E-state index contributed by atoms with van der Waals surface area (Å²) in [5, 5.41) is 8.61. The van der Waals surface area contributed by atoms with Gasteiger partial charge in [-0.25, -0.2) is 4.98 Å². The molecular weight excluding hydrogens is 630 g/mol. The van der Waals surface area contributed by atoms with Crippen molar-refractivity contribution in [3.05, 3.63) is 52.0 Å². The van der Waals surface area contributed by atoms with Crippen LogP contribution in [-0.2, 0) is 30.3 Å². The molecule has 1 aromatic heterocycles. The van der Waals surface area contributed by atoms with E-state index in [0.717, 1.165) is 37.8 Å². The normalized spacial score (nSPS) is 22.5. The minimum atomic E-state index is -0.606. The van der Waals surface area contributed by atoms with Crippen LogP contribution in [-0.4, -0.2) is 97.0 Å². The lowest BCUT2D eigenvalue weighted by Crippen LogP contribution is -2.57. The summed E-state index contributed by atoms with van der Waals surface area (Å²) in [5.41, 5.74) is 1.34. The molecule has 3 amide bonds. The zero-order chi connectivity index (χ0) is 34.8. The number of piperidine rings is 1. The van der Waals surface area contributed by atoms with Gasteiger partial charge >= 0.3 is 5.97 Å². The SMILES string of the molecule is CC[C@H](C)[C@H](NC(=O)[C@H]1CCCCN1C)C(=O)N(C)[C@H]1CCO[C@@H](c2nc(C(=O)N[C@@H](Cc3ccccc3)C[C@H](C)C(=O)OC)cs2)C1. The molecule has 2 saturated heterocycles. The highest BCUT2D eigenvalue weighted by atomic mass is 32.1. The second-order valence-corrected chi connectivity index (χ2v) is 14.3. The number of aromatic nitrogens is 1. The maximum absolute atomic E-state index is 13.9. The second-order valence-electron chi connectivity index (χ2n) is 13.4. The Kier molecular flexibility index (Phi) is 14.0. The number of likely N-dealkylation sites (tertiary alicyclic amines) is 1. The van der Waals surface area contributed by atoms with Crippen molar-refractivity contribution in [3.8, 4) is 0 Å². The van der Waals surface area contributed by atoms with Crippen LogP contribution in [0.2, 0.25) is 0 Å². The molecule has 0 bridgehead atoms. The van der Waals surface area contributed by atoms with Crippen molar-refractivity contribution in [1.82, 2.24) is 25.4 Å². The first-order chi connectivity index (χ1) is 23.0. The van der Waals surface area contributed by atoms with Crippen molar-refractivity contribution in [3.63, 3.8) is 0 Å². The Balaban J connectivity index is 1.40. The molecule has 0 spiro atoms. The number of benzene rings is 1. The van der Waals surface area contributed by atoms with Crippen LogP contribution in [0.1, 0.15) is 92.9 Å². The number of ether oxygens (including phenoxy) is 2. The van der Waals surface area contributed by atoms with E-state index < -0.39 is 6.04 Å². The molecule has 0 saturated carbocycles. The molecule has 4 rings (SSSR count). The van der Waals surface area contributed by atoms with Crippen LogP contribution < -0.4 is 10.6 Å². The average molecular weight is 684 g/mol. The van der Waals surface area contributed by atoms with Gasteiger partial charge in [0.25, 0.3) is 5.91 Å². The zero-order valence-corrected chi connectivity index (χ0v) is 30.1. The Labute approximate surface area is 289 Å². The summed E-state index contributed by atoms with van der Waals surface area (Å²) >= 11 is 1.36. The van der Waals surface area contributed by atoms with Crippen molar-refractivity contribution in [2.24, 2.45) is 11.8 Å². The molecule has 2 aromatic rings. The number of methoxy groups -OCH3 is 1. The van der Waals surface area contributed by atoms with Crippen LogP contribution in [0.25, 0.3) is 0 Å². The summed E-state index contributed by atoms with van der Waals surface area (Å²) in [6, 6.07) is 8.61. The number of nitrogens with zero attached hydrogens (tertiary/aromatic N) is 3. The number of hydrogen-bond acceptors (Lipinski definition) is 9. The molecule has 12 heteroatoms. The van der Waals surface area contributed by atoms with Gasteiger partial charge in [-0.05, 0) is 57.2 Å². The van der Waals surface area contributed by atoms with Crippen LogP contribution in [0.4, 0.5) is 0 Å². The minimum Gasteiger partial charge on any atom is -0.469 e. The van der Waals surface area contributed by atoms with Crippen molar-refractivity contribution in [1.29, 1.82) is 0 Å². The lowest BCUT2D eigenvalue weighted by Gasteiger charge is -2.38. The van der Waals surface area contributed by atoms with Crippen molar-refractivity contribution in [2.45, 2.75) is 102 Å². The number of esters is 1. The van der Waals surface area contributed by atoms with Crippen LogP contribution in [0.15, 0.2) is 35.7 Å². The molecule has 0 unspecified atom stereocenters. The average Bonchev–Trinajstić information content (AvgIpc) is 3.61. The van der Waals surface area contributed by atoms with Crippen molar-refractivity contribution in [2.75, 3.05) is 34.4 Å². The van der Waals surface area contributed by atoms with Crippen molar-refractivity contribution >= 4 is 35.0 Å². The second kappa shape index (κ2) is 17.9. The summed E-state index contributed by atoms with van der Waals surface area (Å²) in [5.74, 6) is -1.20. The number of likely N-dealkylation sites (N-methyl/N-ethyl adjacent to an activating group) is 2. The molecule has 2 fully saturated rings. The maximum Gasteiger partial charge on any atom is 0.308 e. The predicted molar refractivity (Wildman–Crippen MR) is 185 cm³/mol. The van der Waals surface area contributed by atoms with Crippen LogP contribution in [0.3, 0.4) is 0 Å². The Bertz CT molecular complexity index is 1370. The predicted octanol–water partition coefficient (Wildman–Crippen LogP) is 4.38. The number of thiazole rings is 1. The highest BCUT2D eigenvalue weighted by molar-refractivity contribution is 7.09. The first kappa shape index (κ1) is 37.5. The number of carbonyl (C=O) groups is 4. The van der Waals surface area contributed by atoms with E-state index in [1.165, 1.54) is 18.4 Å². The van der Waals surface area contributed by atoms with Gasteiger partial charge in [-0.2, -0.15) is 0 Å². The van der Waals surface area contributed by atoms with Gasteiger partial charge in [0.1, 0.15) is 22.8 Å². The number of amides is 3. The molecule has 2 N–H and O–H groups in total. The van der Waals surface area contributed by atoms with E-state index in [4.69, 9.17) is 9.47 Å². The standard InChI is InChI=1S/C36H53N5O6S/c1-7-23(2)31(39-33(43)29-15-11-12-17-40(29)4)35(44)41(5)27-16-18-47-30(21-27)34-38-28(22-48-34)32(42)37-26(19-24(3)36(45)46-6)20-25-13-9-8-10-14-25/h8-10,13-14,22-24,26-27,29-31H,7,11-12,15-21H2,1-6H3,(H,37,42)(H,39,43)/t23-,24-,26+,27-,29+,30+,31-/m0/s1. The molecule has 2 aliphatic heterocycles. The topological polar surface area (TPSA) is 130 Å². The third-order valence-corrected chi connectivity index (χ3v) is 10.9. The van der Waals surface area contributed by atoms with Gasteiger partial charge in [-0.15, -0.1) is 11.3 Å². The van der Waals surface area contributed by atoms with Gasteiger partial charge in [-0.1, -0.05) is 63.9 Å². The Morgan fingerprint density at radius 1 is 1.12 bits per heavy atom. The van der Waals surface area contributed by atoms with Gasteiger partial charge in [0.15, 0.2) is 0 Å². The van der Waals surface area contributed by atoms with E-state index >= 15 is 0 Å². The smallest absolute Gasteiger partial charge is 0.308 e. The molecule has 1 aromatic carbocycles. The molecular formula is C36H53N5O6S. The number of rotatable bonds is 14. The number of hydrogen-bond donors (Lipinski definition) is 2. The van der Waals surface area contributed by atoms with E-state index in [1.807, 2.05) is 58.3 Å². The third-order valence-electron chi connectivity index (χ3n) is 9.93. The highest BCUT2D eigenvalue weighted by Crippen LogP contribution is 2.33. The van der Waals surface area contributed by atoms with E-state index in [9.17, 15) is 19.2 Å². The van der Waals surface area contributed by atoms with Gasteiger partial charge in [-0.3, -0.25) is 24.1 Å². The summed E-state index contributed by atoms with van der Waals surface area (Å²) in [6.45, 7) is 7.17. The quantitative estimate of drug-likeness (QED) is 0.281. The third kappa shape index (κ3) is 9.85. The molecule has 264 valence electrons. The van der Waals surface area contributed by atoms with E-state index in [2.05, 4.69) is 20.5 Å². The van der Waals surface area contributed by atoms with E-state index in [0.29, 0.717) is 43.0 Å². The zero-order valence-electron chi connectivity index (χ0n) is 29.3. The van der Waals surface area contributed by atoms with Crippen molar-refractivity contribution < 1.29 is 28.7 Å². The first-order valence-corrected chi connectivity index (χ1v) is 18.2. The monoisotopic (exact) mass is 683 g/mol.